The van der Waals surface area contributed by atoms with Crippen LogP contribution in [0.5, 0.6) is 11.5 Å². The Hall–Kier alpha value is -3.53. The summed E-state index contributed by atoms with van der Waals surface area (Å²) in [6, 6.07) is 12.7. The first kappa shape index (κ1) is 25.1. The first-order chi connectivity index (χ1) is 16.1. The van der Waals surface area contributed by atoms with E-state index in [1.807, 2.05) is 35.8 Å². The third kappa shape index (κ3) is 7.24. The Balaban J connectivity index is 1.70. The van der Waals surface area contributed by atoms with Gasteiger partial charge in [0.05, 0.1) is 19.6 Å². The number of ether oxygens (including phenoxy) is 2. The smallest absolute Gasteiger partial charge is 0.493 e. The van der Waals surface area contributed by atoms with Crippen LogP contribution in [0.1, 0.15) is 30.5 Å². The number of para-hydroxylation sites is 1. The van der Waals surface area contributed by atoms with Crippen molar-refractivity contribution in [1.82, 2.24) is 9.55 Å². The number of alkyl halides is 3. The Labute approximate surface area is 194 Å². The molecule has 0 spiro atoms. The van der Waals surface area contributed by atoms with Gasteiger partial charge in [0, 0.05) is 29.1 Å². The third-order valence-electron chi connectivity index (χ3n) is 5.12. The van der Waals surface area contributed by atoms with Crippen molar-refractivity contribution in [3.05, 3.63) is 66.0 Å². The summed E-state index contributed by atoms with van der Waals surface area (Å²) < 4.78 is 49.1. The van der Waals surface area contributed by atoms with Gasteiger partial charge in [0.15, 0.2) is 0 Å². The number of nitrogens with zero attached hydrogens (tertiary/aromatic N) is 2. The quantitative estimate of drug-likeness (QED) is 0.386. The van der Waals surface area contributed by atoms with Crippen LogP contribution in [0.15, 0.2) is 54.7 Å². The average molecular weight is 477 g/mol. The number of halogens is 3. The summed E-state index contributed by atoms with van der Waals surface area (Å²) in [7, 11) is 0. The average Bonchev–Trinajstić information content (AvgIpc) is 3.11. The number of aliphatic carboxylic acids is 1. The summed E-state index contributed by atoms with van der Waals surface area (Å²) in [5.74, 6) is 0.0634. The summed E-state index contributed by atoms with van der Waals surface area (Å²) in [6.07, 6.45) is -1.98. The summed E-state index contributed by atoms with van der Waals surface area (Å²) >= 11 is 0. The maximum atomic E-state index is 12.4. The lowest BCUT2D eigenvalue weighted by Gasteiger charge is -2.16. The van der Waals surface area contributed by atoms with Gasteiger partial charge < -0.3 is 24.9 Å². The SMILES string of the molecule is Cc1cnc(-c2ccc(OC(F)(F)F)cc2)n1Cc1ccccc1OCCC[C@@H](N)CC(=O)O. The van der Waals surface area contributed by atoms with E-state index in [9.17, 15) is 18.0 Å². The van der Waals surface area contributed by atoms with Crippen LogP contribution >= 0.6 is 0 Å². The molecule has 7 nitrogen and oxygen atoms in total. The van der Waals surface area contributed by atoms with Crippen LogP contribution in [0, 0.1) is 6.92 Å². The zero-order valence-electron chi connectivity index (χ0n) is 18.6. The van der Waals surface area contributed by atoms with Crippen molar-refractivity contribution < 1.29 is 32.5 Å². The van der Waals surface area contributed by atoms with E-state index < -0.39 is 18.4 Å². The molecule has 1 aromatic heterocycles. The standard InChI is InChI=1S/C24H26F3N3O4/c1-16-14-29-23(17-8-10-20(11-9-17)34-24(25,26)27)30(16)15-18-5-2-3-7-21(18)33-12-4-6-19(28)13-22(31)32/h2-3,5,7-11,14,19H,4,6,12-13,15,28H2,1H3,(H,31,32)/t19-/m1/s1. The number of rotatable bonds is 11. The molecule has 2 aromatic carbocycles. The lowest BCUT2D eigenvalue weighted by Crippen LogP contribution is -2.24. The predicted molar refractivity (Wildman–Crippen MR) is 120 cm³/mol. The van der Waals surface area contributed by atoms with Crippen molar-refractivity contribution in [2.75, 3.05) is 6.61 Å². The Morgan fingerprint density at radius 2 is 1.88 bits per heavy atom. The number of imidazole rings is 1. The number of aryl methyl sites for hydroxylation is 1. The first-order valence-electron chi connectivity index (χ1n) is 10.7. The van der Waals surface area contributed by atoms with Crippen molar-refractivity contribution in [2.24, 2.45) is 5.73 Å². The van der Waals surface area contributed by atoms with Gasteiger partial charge in [-0.2, -0.15) is 0 Å². The molecule has 1 heterocycles. The predicted octanol–water partition coefficient (Wildman–Crippen LogP) is 4.77. The van der Waals surface area contributed by atoms with E-state index in [0.717, 1.165) is 11.3 Å². The summed E-state index contributed by atoms with van der Waals surface area (Å²) in [6.45, 7) is 2.72. The Morgan fingerprint density at radius 1 is 1.18 bits per heavy atom. The van der Waals surface area contributed by atoms with E-state index in [4.69, 9.17) is 15.6 Å². The van der Waals surface area contributed by atoms with Crippen LogP contribution in [0.4, 0.5) is 13.2 Å². The largest absolute Gasteiger partial charge is 0.573 e. The zero-order valence-corrected chi connectivity index (χ0v) is 18.6. The van der Waals surface area contributed by atoms with Crippen LogP contribution < -0.4 is 15.2 Å². The minimum Gasteiger partial charge on any atom is -0.493 e. The molecular formula is C24H26F3N3O4. The topological polar surface area (TPSA) is 99.6 Å². The van der Waals surface area contributed by atoms with E-state index in [1.54, 1.807) is 6.20 Å². The first-order valence-corrected chi connectivity index (χ1v) is 10.7. The molecule has 0 amide bonds. The molecule has 0 saturated carbocycles. The third-order valence-corrected chi connectivity index (χ3v) is 5.12. The van der Waals surface area contributed by atoms with E-state index >= 15 is 0 Å². The molecule has 3 rings (SSSR count). The van der Waals surface area contributed by atoms with Gasteiger partial charge in [0.2, 0.25) is 0 Å². The van der Waals surface area contributed by atoms with Crippen LogP contribution in [0.3, 0.4) is 0 Å². The van der Waals surface area contributed by atoms with Crippen molar-refractivity contribution >= 4 is 5.97 Å². The summed E-state index contributed by atoms with van der Waals surface area (Å²) in [5.41, 5.74) is 8.21. The summed E-state index contributed by atoms with van der Waals surface area (Å²) in [4.78, 5) is 15.2. The number of benzene rings is 2. The van der Waals surface area contributed by atoms with Gasteiger partial charge >= 0.3 is 12.3 Å². The molecule has 3 N–H and O–H groups in total. The van der Waals surface area contributed by atoms with E-state index in [-0.39, 0.29) is 12.2 Å². The lowest BCUT2D eigenvalue weighted by atomic mass is 10.1. The molecule has 0 unspecified atom stereocenters. The van der Waals surface area contributed by atoms with Gasteiger partial charge in [0.25, 0.3) is 0 Å². The van der Waals surface area contributed by atoms with Crippen LogP contribution in [-0.4, -0.2) is 39.6 Å². The van der Waals surface area contributed by atoms with Gasteiger partial charge in [-0.3, -0.25) is 4.79 Å². The molecule has 0 aliphatic rings. The highest BCUT2D eigenvalue weighted by Gasteiger charge is 2.31. The molecule has 34 heavy (non-hydrogen) atoms. The number of carboxylic acid groups (broad SMARTS) is 1. The molecule has 0 saturated heterocycles. The molecule has 10 heteroatoms. The van der Waals surface area contributed by atoms with Gasteiger partial charge in [-0.15, -0.1) is 13.2 Å². The highest BCUT2D eigenvalue weighted by atomic mass is 19.4. The second kappa shape index (κ2) is 11.1. The number of aromatic nitrogens is 2. The van der Waals surface area contributed by atoms with Crippen molar-refractivity contribution in [3.63, 3.8) is 0 Å². The lowest BCUT2D eigenvalue weighted by molar-refractivity contribution is -0.274. The van der Waals surface area contributed by atoms with Crippen LogP contribution in [-0.2, 0) is 11.3 Å². The number of hydrogen-bond donors (Lipinski definition) is 2. The fraction of sp³-hybridized carbons (Fsp3) is 0.333. The Bertz CT molecular complexity index is 1100. The Kier molecular flexibility index (Phi) is 8.17. The maximum absolute atomic E-state index is 12.4. The molecule has 1 atom stereocenters. The molecule has 0 aliphatic carbocycles. The van der Waals surface area contributed by atoms with Crippen LogP contribution in [0.2, 0.25) is 0 Å². The van der Waals surface area contributed by atoms with Gasteiger partial charge in [-0.1, -0.05) is 18.2 Å². The minimum atomic E-state index is -4.75. The molecular weight excluding hydrogens is 451 g/mol. The minimum absolute atomic E-state index is 0.0808. The number of nitrogens with two attached hydrogens (primary N) is 1. The normalized spacial score (nSPS) is 12.4. The maximum Gasteiger partial charge on any atom is 0.573 e. The van der Waals surface area contributed by atoms with Crippen molar-refractivity contribution in [1.29, 1.82) is 0 Å². The molecule has 0 radical (unpaired) electrons. The van der Waals surface area contributed by atoms with Gasteiger partial charge in [0.1, 0.15) is 17.3 Å². The molecule has 3 aromatic rings. The second-order valence-corrected chi connectivity index (χ2v) is 7.84. The van der Waals surface area contributed by atoms with Crippen molar-refractivity contribution in [3.8, 4) is 22.9 Å². The van der Waals surface area contributed by atoms with Gasteiger partial charge in [-0.05, 0) is 50.1 Å². The zero-order chi connectivity index (χ0) is 24.7. The molecule has 0 fully saturated rings. The molecule has 0 aliphatic heterocycles. The second-order valence-electron chi connectivity index (χ2n) is 7.84. The monoisotopic (exact) mass is 477 g/mol. The van der Waals surface area contributed by atoms with E-state index in [0.29, 0.717) is 43.1 Å². The summed E-state index contributed by atoms with van der Waals surface area (Å²) in [5, 5.41) is 8.79. The van der Waals surface area contributed by atoms with E-state index in [2.05, 4.69) is 9.72 Å². The fourth-order valence-corrected chi connectivity index (χ4v) is 3.50. The number of hydrogen-bond acceptors (Lipinski definition) is 5. The highest BCUT2D eigenvalue weighted by Crippen LogP contribution is 2.28. The van der Waals surface area contributed by atoms with E-state index in [1.165, 1.54) is 24.3 Å². The molecule has 182 valence electrons. The van der Waals surface area contributed by atoms with Gasteiger partial charge in [-0.25, -0.2) is 4.98 Å². The molecule has 0 bridgehead atoms. The Morgan fingerprint density at radius 3 is 2.56 bits per heavy atom. The van der Waals surface area contributed by atoms with Crippen LogP contribution in [0.25, 0.3) is 11.4 Å². The fourth-order valence-electron chi connectivity index (χ4n) is 3.50. The number of carbonyl (C=O) groups is 1. The highest BCUT2D eigenvalue weighted by molar-refractivity contribution is 5.67. The number of carboxylic acids is 1. The van der Waals surface area contributed by atoms with Crippen molar-refractivity contribution in [2.45, 2.75) is 45.1 Å².